The van der Waals surface area contributed by atoms with Crippen LogP contribution in [0.15, 0.2) is 194 Å². The van der Waals surface area contributed by atoms with Crippen LogP contribution in [0.4, 0.5) is 63.1 Å². The summed E-state index contributed by atoms with van der Waals surface area (Å²) in [5, 5.41) is 50.5. The number of nitriles is 4. The third-order valence-electron chi connectivity index (χ3n) is 17.8. The van der Waals surface area contributed by atoms with E-state index in [1.165, 1.54) is 82.4 Å². The molecule has 0 spiro atoms. The molecule has 0 aliphatic rings. The van der Waals surface area contributed by atoms with Crippen LogP contribution in [0.2, 0.25) is 0 Å². The normalized spacial score (nSPS) is 16.8. The number of ketones is 4. The lowest BCUT2D eigenvalue weighted by atomic mass is 10.0. The quantitative estimate of drug-likeness (QED) is 0.0209. The molecule has 4 N–H and O–H groups in total. The second kappa shape index (κ2) is 48.9. The molecule has 4 aromatic heterocycles. The maximum Gasteiger partial charge on any atom is 0.159 e. The number of likely N-dealkylation sites (N-methyl/N-ethyl adjacent to an activating group) is 4. The summed E-state index contributed by atoms with van der Waals surface area (Å²) in [6.45, 7) is -16.7. The van der Waals surface area contributed by atoms with Gasteiger partial charge in [0, 0.05) is 192 Å². The number of rotatable bonds is 36. The summed E-state index contributed by atoms with van der Waals surface area (Å²) in [7, 11) is 6.31. The van der Waals surface area contributed by atoms with Gasteiger partial charge in [0.1, 0.15) is 70.5 Å². The fourth-order valence-electron chi connectivity index (χ4n) is 11.8. The largest absolute Gasteiger partial charge is 0.494 e. The third kappa shape index (κ3) is 28.5. The number of aromatic nitrogens is 4. The second-order valence-electron chi connectivity index (χ2n) is 28.1. The van der Waals surface area contributed by atoms with E-state index < -0.39 is 245 Å². The number of pyridine rings is 4. The Kier molecular flexibility index (Phi) is 21.7. The molecule has 132 heavy (non-hydrogen) atoms. The van der Waals surface area contributed by atoms with Crippen molar-refractivity contribution in [2.45, 2.75) is 81.0 Å². The first-order valence-corrected chi connectivity index (χ1v) is 39.2. The van der Waals surface area contributed by atoms with E-state index in [0.29, 0.717) is 35.4 Å². The molecule has 0 unspecified atom stereocenters. The average Bonchev–Trinajstić information content (AvgIpc) is 0.739. The van der Waals surface area contributed by atoms with E-state index in [1.54, 1.807) is 31.2 Å². The first-order chi connectivity index (χ1) is 78.8. The number of carbonyl (C=O) groups excluding carboxylic acids is 4. The topological polar surface area (TPSA) is 313 Å². The van der Waals surface area contributed by atoms with Crippen LogP contribution >= 0.6 is 0 Å². The number of halogens is 4. The van der Waals surface area contributed by atoms with Gasteiger partial charge in [-0.25, -0.2) is 17.6 Å². The van der Waals surface area contributed by atoms with E-state index in [4.69, 9.17) is 72.4 Å². The van der Waals surface area contributed by atoms with Gasteiger partial charge in [0.2, 0.25) is 0 Å². The Hall–Kier alpha value is -15.0. The van der Waals surface area contributed by atoms with Crippen LogP contribution in [-0.4, -0.2) is 171 Å². The van der Waals surface area contributed by atoms with Crippen LogP contribution < -0.4 is 40.2 Å². The predicted octanol–water partition coefficient (Wildman–Crippen LogP) is 19.7. The molecule has 680 valence electrons. The van der Waals surface area contributed by atoms with Gasteiger partial charge >= 0.3 is 0 Å². The van der Waals surface area contributed by atoms with Crippen molar-refractivity contribution >= 4 is 112 Å². The van der Waals surface area contributed by atoms with Gasteiger partial charge in [0.25, 0.3) is 0 Å². The molecular weight excluding hydrogens is 1680 g/mol. The molecule has 0 aliphatic carbocycles. The van der Waals surface area contributed by atoms with Gasteiger partial charge in [-0.05, 0) is 255 Å². The molecule has 0 fully saturated rings. The molecule has 0 atom stereocenters. The molecule has 0 bridgehead atoms. The lowest BCUT2D eigenvalue weighted by Crippen LogP contribution is -2.11. The van der Waals surface area contributed by atoms with Crippen molar-refractivity contribution in [1.29, 1.82) is 21.0 Å². The zero-order valence-electron chi connectivity index (χ0n) is 112. The van der Waals surface area contributed by atoms with E-state index in [-0.39, 0.29) is 168 Å². The molecule has 0 amide bonds. The number of anilines is 8. The monoisotopic (exact) mass is 1820 g/mol. The number of hydrogen-bond donors (Lipinski definition) is 4. The Balaban J connectivity index is 0.000000251. The molecule has 12 rings (SSSR count). The Morgan fingerprint density at radius 2 is 0.818 bits per heavy atom. The summed E-state index contributed by atoms with van der Waals surface area (Å²) in [5.74, 6) is -7.92. The minimum atomic E-state index is -3.50. The fourth-order valence-corrected chi connectivity index (χ4v) is 11.8. The molecular formula is C104H108F4N16O8. The highest BCUT2D eigenvalue weighted by molar-refractivity contribution is 6.03. The van der Waals surface area contributed by atoms with Crippen molar-refractivity contribution < 1.29 is 109 Å². The highest BCUT2D eigenvalue weighted by Gasteiger charge is 2.23. The van der Waals surface area contributed by atoms with Crippen molar-refractivity contribution in [2.24, 2.45) is 0 Å². The van der Waals surface area contributed by atoms with Gasteiger partial charge in [-0.15, -0.1) is 0 Å². The Morgan fingerprint density at radius 1 is 0.432 bits per heavy atom. The van der Waals surface area contributed by atoms with E-state index >= 15 is 0 Å². The molecule has 0 saturated carbocycles. The van der Waals surface area contributed by atoms with Gasteiger partial charge in [0.15, 0.2) is 23.1 Å². The maximum atomic E-state index is 14.2. The summed E-state index contributed by atoms with van der Waals surface area (Å²) < 4.78 is 390. The van der Waals surface area contributed by atoms with Crippen LogP contribution in [0.5, 0.6) is 23.0 Å². The zero-order chi connectivity index (χ0) is 130. The van der Waals surface area contributed by atoms with Crippen LogP contribution in [0.1, 0.15) is 148 Å². The number of ether oxygens (including phenoxy) is 4. The first kappa shape index (κ1) is 58.5. The van der Waals surface area contributed by atoms with E-state index in [2.05, 4.69) is 41.2 Å². The highest BCUT2D eigenvalue weighted by Crippen LogP contribution is 2.40. The van der Waals surface area contributed by atoms with Gasteiger partial charge in [-0.2, -0.15) is 21.0 Å². The molecule has 12 aromatic rings. The molecule has 8 aromatic carbocycles. The fraction of sp³-hybridized carbons (Fsp3) is 0.269. The summed E-state index contributed by atoms with van der Waals surface area (Å²) in [6, 6.07) is 9.60. The number of nitrogens with zero attached hydrogens (tertiary/aromatic N) is 12. The van der Waals surface area contributed by atoms with Crippen LogP contribution in [-0.2, 0) is 44.9 Å². The lowest BCUT2D eigenvalue weighted by molar-refractivity contribution is -0.114. The standard InChI is InChI=1S/4C26H27FN4O2/c4*1-5-33-25-14-24-22(13-18(25)12-21(32)7-6-10-31(3)4)26(19(15-28)16-29-24)30-20-8-9-23(27)17(2)11-20/h4*6-9,11,13-14,16H,5,10,12H2,1-4H3,(H,29,30)/b4*7-6+/i3D3,5D2,6D,7D,10D2,13D,14D,16D;1D3,3D3,5D2,6D,7D,10D2,13D,14D;3D3,6D,7D,10D2,13D,14D,16D;8D,9D,11D. The minimum absolute atomic E-state index is 0.0266. The number of nitrogens with one attached hydrogen (secondary N) is 4. The van der Waals surface area contributed by atoms with Crippen LogP contribution in [0.25, 0.3) is 43.6 Å². The van der Waals surface area contributed by atoms with Crippen LogP contribution in [0, 0.1) is 96.3 Å². The first-order valence-electron chi connectivity index (χ1n) is 58.7. The van der Waals surface area contributed by atoms with Crippen molar-refractivity contribution in [3.63, 3.8) is 0 Å². The van der Waals surface area contributed by atoms with Gasteiger partial charge in [-0.1, -0.05) is 24.2 Å². The van der Waals surface area contributed by atoms with Gasteiger partial charge in [0.05, 0.1) is 122 Å². The third-order valence-corrected chi connectivity index (χ3v) is 17.8. The molecule has 28 heteroatoms. The van der Waals surface area contributed by atoms with E-state index in [0.717, 1.165) is 46.4 Å². The molecule has 24 nitrogen and oxygen atoms in total. The van der Waals surface area contributed by atoms with Crippen molar-refractivity contribution in [3.05, 3.63) is 284 Å². The number of hydrogen-bond acceptors (Lipinski definition) is 24. The molecule has 4 heterocycles. The summed E-state index contributed by atoms with van der Waals surface area (Å²) in [4.78, 5) is 71.3. The SMILES string of the molecule is [2H]/C(C(=O)Cc1c(OC([2H])([2H])C([2H])([2H])[2H])c([2H])c2ncc(C#N)c(Nc3ccc(F)c(C)c3)c2c1[2H])=C(/[2H])C([2H])([2H])N(C)C([2H])([2H])[2H].[2H]/C(C(=O)Cc1c(OC([2H])([2H])C)c([2H])c2nc([2H])c(C#N)c(Nc3ccc(F)c(C)c3)c2c1[2H])=C(/[2H])C([2H])([2H])N(C)C([2H])([2H])[2H].[2H]/C(C(=O)Cc1c(OCC)c([2H])c2nc([2H])c(C#N)c(Nc3ccc(F)c(C)c3)c2c1[2H])=C(/[2H])C([2H])([2H])N(C)C([2H])([2H])[2H].[2H]c1c([2H])c(Nc2c(C#N)cnc3cc(OCC)c(CC(=O)/C=C/CN(C)C)cc23)c([2H])c(C)c1F. The highest BCUT2D eigenvalue weighted by atomic mass is 19.1. The number of fused-ring (bicyclic) bond motifs is 4. The zero-order valence-corrected chi connectivity index (χ0v) is 72.8. The maximum absolute atomic E-state index is 14.2. The second-order valence-corrected chi connectivity index (χ2v) is 28.1. The number of allylic oxidation sites excluding steroid dienone is 4. The molecule has 0 radical (unpaired) electrons. The average molecular weight is 1830 g/mol. The number of aryl methyl sites for hydroxylation is 3. The van der Waals surface area contributed by atoms with Gasteiger partial charge in [-0.3, -0.25) is 39.1 Å². The number of benzene rings is 8. The Labute approximate surface area is 822 Å². The smallest absolute Gasteiger partial charge is 0.159 e. The summed E-state index contributed by atoms with van der Waals surface area (Å²) in [5.41, 5.74) is -1.12. The Bertz CT molecular complexity index is 8600. The summed E-state index contributed by atoms with van der Waals surface area (Å²) >= 11 is 0. The Morgan fingerprint density at radius 3 is 1.22 bits per heavy atom. The van der Waals surface area contributed by atoms with E-state index in [1.807, 2.05) is 44.1 Å². The van der Waals surface area contributed by atoms with Crippen molar-refractivity contribution in [2.75, 3.05) is 130 Å². The van der Waals surface area contributed by atoms with E-state index in [9.17, 15) is 57.8 Å². The van der Waals surface area contributed by atoms with Crippen molar-refractivity contribution in [1.82, 2.24) is 39.5 Å². The minimum Gasteiger partial charge on any atom is -0.494 e. The number of carbonyl (C=O) groups is 4. The van der Waals surface area contributed by atoms with Gasteiger partial charge < -0.3 is 59.8 Å². The predicted molar refractivity (Wildman–Crippen MR) is 514 cm³/mol. The van der Waals surface area contributed by atoms with Crippen LogP contribution in [0.3, 0.4) is 0 Å². The lowest BCUT2D eigenvalue weighted by Gasteiger charge is -2.15. The molecule has 0 aliphatic heterocycles. The van der Waals surface area contributed by atoms with Crippen molar-refractivity contribution in [3.8, 4) is 47.3 Å². The summed E-state index contributed by atoms with van der Waals surface area (Å²) in [6.07, 6.45) is 1.54. The molecule has 0 saturated heterocycles.